The van der Waals surface area contributed by atoms with Gasteiger partial charge in [0.15, 0.2) is 0 Å². The molecule has 0 unspecified atom stereocenters. The van der Waals surface area contributed by atoms with E-state index in [0.717, 1.165) is 6.42 Å². The Hall–Kier alpha value is -1.32. The van der Waals surface area contributed by atoms with E-state index in [4.69, 9.17) is 0 Å². The van der Waals surface area contributed by atoms with Gasteiger partial charge in [-0.25, -0.2) is 0 Å². The molecule has 3 rings (SSSR count). The minimum atomic E-state index is 0.238. The van der Waals surface area contributed by atoms with E-state index in [-0.39, 0.29) is 6.61 Å². The van der Waals surface area contributed by atoms with Crippen molar-refractivity contribution in [1.82, 2.24) is 0 Å². The molecule has 0 saturated carbocycles. The summed E-state index contributed by atoms with van der Waals surface area (Å²) in [7, 11) is 0. The number of benzene rings is 1. The number of fused-ring (bicyclic) bond motifs is 1. The third kappa shape index (κ3) is 1.93. The van der Waals surface area contributed by atoms with Crippen molar-refractivity contribution in [1.29, 1.82) is 0 Å². The van der Waals surface area contributed by atoms with Crippen molar-refractivity contribution in [3.05, 3.63) is 51.7 Å². The highest BCUT2D eigenvalue weighted by Crippen LogP contribution is 2.47. The Balaban J connectivity index is 2.00. The number of aliphatic hydroxyl groups excluding tert-OH is 1. The molecule has 1 aliphatic heterocycles. The molecule has 0 amide bonds. The summed E-state index contributed by atoms with van der Waals surface area (Å²) in [4.78, 5) is 1.35. The lowest BCUT2D eigenvalue weighted by Gasteiger charge is -2.18. The van der Waals surface area contributed by atoms with E-state index in [1.54, 1.807) is 11.3 Å². The molecule has 0 spiro atoms. The summed E-state index contributed by atoms with van der Waals surface area (Å²) in [5.41, 5.74) is 3.85. The molecule has 2 aromatic rings. The van der Waals surface area contributed by atoms with Crippen LogP contribution < -0.4 is 5.32 Å². The third-order valence-corrected chi connectivity index (χ3v) is 4.57. The average molecular weight is 259 g/mol. The maximum atomic E-state index is 9.31. The number of hydrogen-bond acceptors (Lipinski definition) is 3. The monoisotopic (exact) mass is 259 g/mol. The molecule has 0 fully saturated rings. The van der Waals surface area contributed by atoms with Crippen molar-refractivity contribution in [2.75, 3.05) is 11.9 Å². The van der Waals surface area contributed by atoms with Crippen molar-refractivity contribution in [2.45, 2.75) is 25.3 Å². The van der Waals surface area contributed by atoms with Crippen LogP contribution in [0, 0.1) is 6.92 Å². The van der Waals surface area contributed by atoms with Crippen LogP contribution in [-0.4, -0.2) is 11.7 Å². The van der Waals surface area contributed by atoms with Crippen LogP contribution in [0.4, 0.5) is 5.69 Å². The molecule has 0 radical (unpaired) electrons. The van der Waals surface area contributed by atoms with Gasteiger partial charge in [-0.2, -0.15) is 0 Å². The van der Waals surface area contributed by atoms with Crippen molar-refractivity contribution >= 4 is 17.0 Å². The first-order valence-electron chi connectivity index (χ1n) is 6.31. The third-order valence-electron chi connectivity index (χ3n) is 3.61. The summed E-state index contributed by atoms with van der Waals surface area (Å²) in [6.45, 7) is 2.36. The van der Waals surface area contributed by atoms with E-state index >= 15 is 0 Å². The summed E-state index contributed by atoms with van der Waals surface area (Å²) in [5.74, 6) is 0.378. The molecule has 3 heteroatoms. The standard InChI is InChI=1S/C15H17NOS/c1-10-4-5-13-12(9-10)11(6-7-17)15(16-13)14-3-2-8-18-14/h2-5,8-9,11,15-17H,6-7H2,1H3/t11-,15+/m0/s1. The topological polar surface area (TPSA) is 32.3 Å². The summed E-state index contributed by atoms with van der Waals surface area (Å²) in [6.07, 6.45) is 0.812. The Labute approximate surface area is 111 Å². The van der Waals surface area contributed by atoms with E-state index in [1.807, 2.05) is 0 Å². The quantitative estimate of drug-likeness (QED) is 0.881. The summed E-state index contributed by atoms with van der Waals surface area (Å²) >= 11 is 1.78. The zero-order chi connectivity index (χ0) is 12.5. The fourth-order valence-electron chi connectivity index (χ4n) is 2.77. The Morgan fingerprint density at radius 1 is 1.33 bits per heavy atom. The zero-order valence-corrected chi connectivity index (χ0v) is 11.2. The van der Waals surface area contributed by atoms with E-state index in [1.165, 1.54) is 21.7 Å². The Morgan fingerprint density at radius 3 is 2.94 bits per heavy atom. The summed E-state index contributed by atoms with van der Waals surface area (Å²) < 4.78 is 0. The van der Waals surface area contributed by atoms with Gasteiger partial charge in [-0.05, 0) is 36.4 Å². The molecule has 0 aliphatic carbocycles. The van der Waals surface area contributed by atoms with Gasteiger partial charge in [-0.1, -0.05) is 23.8 Å². The van der Waals surface area contributed by atoms with Crippen LogP contribution in [0.1, 0.15) is 34.4 Å². The van der Waals surface area contributed by atoms with Crippen molar-refractivity contribution < 1.29 is 5.11 Å². The fraction of sp³-hybridized carbons (Fsp3) is 0.333. The second-order valence-electron chi connectivity index (χ2n) is 4.85. The largest absolute Gasteiger partial charge is 0.396 e. The average Bonchev–Trinajstić information content (AvgIpc) is 2.98. The first-order valence-corrected chi connectivity index (χ1v) is 7.19. The molecule has 1 aromatic heterocycles. The maximum Gasteiger partial charge on any atom is 0.0676 e. The van der Waals surface area contributed by atoms with Crippen molar-refractivity contribution in [3.63, 3.8) is 0 Å². The summed E-state index contributed by atoms with van der Waals surface area (Å²) in [6, 6.07) is 11.1. The van der Waals surface area contributed by atoms with E-state index in [0.29, 0.717) is 12.0 Å². The molecule has 0 saturated heterocycles. The van der Waals surface area contributed by atoms with Crippen LogP contribution in [0.5, 0.6) is 0 Å². The lowest BCUT2D eigenvalue weighted by atomic mass is 9.90. The van der Waals surface area contributed by atoms with Gasteiger partial charge in [0.05, 0.1) is 6.04 Å². The molecule has 2 N–H and O–H groups in total. The maximum absolute atomic E-state index is 9.31. The van der Waals surface area contributed by atoms with Crippen molar-refractivity contribution in [2.24, 2.45) is 0 Å². The van der Waals surface area contributed by atoms with Gasteiger partial charge in [-0.3, -0.25) is 0 Å². The van der Waals surface area contributed by atoms with Crippen LogP contribution in [0.15, 0.2) is 35.7 Å². The highest BCUT2D eigenvalue weighted by molar-refractivity contribution is 7.10. The predicted molar refractivity (Wildman–Crippen MR) is 76.3 cm³/mol. The smallest absolute Gasteiger partial charge is 0.0676 e. The van der Waals surface area contributed by atoms with Gasteiger partial charge in [0.1, 0.15) is 0 Å². The number of rotatable bonds is 3. The highest BCUT2D eigenvalue weighted by atomic mass is 32.1. The lowest BCUT2D eigenvalue weighted by molar-refractivity contribution is 0.272. The SMILES string of the molecule is Cc1ccc2c(c1)[C@H](CCO)[C@H](c1cccs1)N2. The second kappa shape index (κ2) is 4.75. The molecule has 1 aromatic carbocycles. The molecule has 94 valence electrons. The first kappa shape index (κ1) is 11.8. The van der Waals surface area contributed by atoms with Crippen LogP contribution in [0.3, 0.4) is 0 Å². The summed E-state index contributed by atoms with van der Waals surface area (Å²) in [5, 5.41) is 15.0. The van der Waals surface area contributed by atoms with E-state index in [9.17, 15) is 5.11 Å². The van der Waals surface area contributed by atoms with E-state index < -0.39 is 0 Å². The minimum Gasteiger partial charge on any atom is -0.396 e. The van der Waals surface area contributed by atoms with Gasteiger partial charge >= 0.3 is 0 Å². The van der Waals surface area contributed by atoms with Gasteiger partial charge < -0.3 is 10.4 Å². The molecular weight excluding hydrogens is 242 g/mol. The van der Waals surface area contributed by atoms with Crippen LogP contribution >= 0.6 is 11.3 Å². The Bertz CT molecular complexity index is 535. The highest BCUT2D eigenvalue weighted by Gasteiger charge is 2.33. The Kier molecular flexibility index (Phi) is 3.10. The van der Waals surface area contributed by atoms with Gasteiger partial charge in [0.2, 0.25) is 0 Å². The van der Waals surface area contributed by atoms with Gasteiger partial charge in [-0.15, -0.1) is 11.3 Å². The van der Waals surface area contributed by atoms with Crippen LogP contribution in [-0.2, 0) is 0 Å². The molecule has 1 aliphatic rings. The van der Waals surface area contributed by atoms with Crippen molar-refractivity contribution in [3.8, 4) is 0 Å². The normalized spacial score (nSPS) is 21.7. The Morgan fingerprint density at radius 2 is 2.22 bits per heavy atom. The molecule has 18 heavy (non-hydrogen) atoms. The number of aliphatic hydroxyl groups is 1. The molecular formula is C15H17NOS. The van der Waals surface area contributed by atoms with Gasteiger partial charge in [0.25, 0.3) is 0 Å². The van der Waals surface area contributed by atoms with Crippen LogP contribution in [0.2, 0.25) is 0 Å². The molecule has 2 heterocycles. The molecule has 2 nitrogen and oxygen atoms in total. The lowest BCUT2D eigenvalue weighted by Crippen LogP contribution is -2.11. The minimum absolute atomic E-state index is 0.238. The fourth-order valence-corrected chi connectivity index (χ4v) is 3.61. The van der Waals surface area contributed by atoms with Crippen LogP contribution in [0.25, 0.3) is 0 Å². The van der Waals surface area contributed by atoms with Gasteiger partial charge in [0, 0.05) is 23.1 Å². The zero-order valence-electron chi connectivity index (χ0n) is 10.4. The number of nitrogens with one attached hydrogen (secondary N) is 1. The number of thiophene rings is 1. The number of hydrogen-bond donors (Lipinski definition) is 2. The first-order chi connectivity index (χ1) is 8.79. The predicted octanol–water partition coefficient (Wildman–Crippen LogP) is 3.69. The number of aryl methyl sites for hydroxylation is 1. The van der Waals surface area contributed by atoms with E-state index in [2.05, 4.69) is 48.0 Å². The second-order valence-corrected chi connectivity index (χ2v) is 5.83. The molecule has 2 atom stereocenters. The number of anilines is 1. The molecule has 0 bridgehead atoms.